The van der Waals surface area contributed by atoms with Gasteiger partial charge in [0.05, 0.1) is 18.7 Å². The summed E-state index contributed by atoms with van der Waals surface area (Å²) in [5.74, 6) is -1.14. The number of hydrogen-bond donors (Lipinski definition) is 2. The number of methoxy groups -OCH3 is 1. The van der Waals surface area contributed by atoms with Crippen LogP contribution >= 0.6 is 0 Å². The lowest BCUT2D eigenvalue weighted by Crippen LogP contribution is -2.49. The van der Waals surface area contributed by atoms with Gasteiger partial charge in [0.15, 0.2) is 0 Å². The summed E-state index contributed by atoms with van der Waals surface area (Å²) < 4.78 is 4.72. The van der Waals surface area contributed by atoms with E-state index in [0.717, 1.165) is 5.56 Å². The van der Waals surface area contributed by atoms with E-state index >= 15 is 0 Å². The molecule has 1 aliphatic heterocycles. The molecule has 1 fully saturated rings. The Morgan fingerprint density at radius 3 is 2.65 bits per heavy atom. The largest absolute Gasteiger partial charge is 0.467 e. The van der Waals surface area contributed by atoms with E-state index < -0.39 is 24.0 Å². The summed E-state index contributed by atoms with van der Waals surface area (Å²) in [5, 5.41) is 14.0. The monoisotopic (exact) mass is 315 g/mol. The zero-order chi connectivity index (χ0) is 16.8. The van der Waals surface area contributed by atoms with Crippen LogP contribution < -0.4 is 10.6 Å². The highest BCUT2D eigenvalue weighted by atomic mass is 16.5. The molecule has 2 N–H and O–H groups in total. The molecule has 2 atom stereocenters. The average molecular weight is 315 g/mol. The van der Waals surface area contributed by atoms with Crippen molar-refractivity contribution in [3.63, 3.8) is 0 Å². The molecule has 7 heteroatoms. The van der Waals surface area contributed by atoms with Gasteiger partial charge < -0.3 is 15.4 Å². The van der Waals surface area contributed by atoms with Crippen LogP contribution in [-0.4, -0.2) is 37.0 Å². The normalized spacial score (nSPS) is 17.7. The number of nitriles is 1. The van der Waals surface area contributed by atoms with Crippen molar-refractivity contribution in [3.05, 3.63) is 35.4 Å². The van der Waals surface area contributed by atoms with Gasteiger partial charge in [-0.15, -0.1) is 0 Å². The standard InChI is InChI=1S/C16H17N3O4/c1-23-16(22)13(8-10-2-4-11(9-17)5-3-10)19-15(21)12-6-7-14(20)18-12/h2-5,12-13H,6-8H2,1H3,(H,18,20)(H,19,21)/t12-,13+/m0/s1. The van der Waals surface area contributed by atoms with Crippen molar-refractivity contribution in [2.45, 2.75) is 31.3 Å². The average Bonchev–Trinajstić information content (AvgIpc) is 3.00. The maximum Gasteiger partial charge on any atom is 0.328 e. The third kappa shape index (κ3) is 4.30. The van der Waals surface area contributed by atoms with Gasteiger partial charge in [0, 0.05) is 12.8 Å². The number of amides is 2. The van der Waals surface area contributed by atoms with E-state index in [4.69, 9.17) is 10.00 Å². The Balaban J connectivity index is 2.04. The van der Waals surface area contributed by atoms with Gasteiger partial charge in [-0.05, 0) is 24.1 Å². The van der Waals surface area contributed by atoms with Gasteiger partial charge in [0.2, 0.25) is 11.8 Å². The lowest BCUT2D eigenvalue weighted by atomic mass is 10.0. The lowest BCUT2D eigenvalue weighted by Gasteiger charge is -2.19. The number of nitrogens with zero attached hydrogens (tertiary/aromatic N) is 1. The Morgan fingerprint density at radius 1 is 1.43 bits per heavy atom. The van der Waals surface area contributed by atoms with Crippen molar-refractivity contribution in [2.75, 3.05) is 7.11 Å². The summed E-state index contributed by atoms with van der Waals surface area (Å²) in [6, 6.07) is 7.27. The minimum Gasteiger partial charge on any atom is -0.467 e. The second-order valence-corrected chi connectivity index (χ2v) is 5.26. The first kappa shape index (κ1) is 16.5. The predicted octanol–water partition coefficient (Wildman–Crippen LogP) is 0.0372. The van der Waals surface area contributed by atoms with Gasteiger partial charge in [-0.3, -0.25) is 9.59 Å². The molecule has 0 aromatic heterocycles. The number of hydrogen-bond acceptors (Lipinski definition) is 5. The van der Waals surface area contributed by atoms with Crippen LogP contribution in [0.15, 0.2) is 24.3 Å². The number of carbonyl (C=O) groups is 3. The van der Waals surface area contributed by atoms with Crippen molar-refractivity contribution in [1.29, 1.82) is 5.26 Å². The molecule has 23 heavy (non-hydrogen) atoms. The number of nitrogens with one attached hydrogen (secondary N) is 2. The molecule has 1 saturated heterocycles. The highest BCUT2D eigenvalue weighted by Gasteiger charge is 2.30. The first-order valence-corrected chi connectivity index (χ1v) is 7.20. The number of esters is 1. The molecule has 0 radical (unpaired) electrons. The molecule has 1 aromatic rings. The SMILES string of the molecule is COC(=O)[C@@H](Cc1ccc(C#N)cc1)NC(=O)[C@@H]1CCC(=O)N1. The van der Waals surface area contributed by atoms with Gasteiger partial charge in [0.1, 0.15) is 12.1 Å². The van der Waals surface area contributed by atoms with Crippen molar-refractivity contribution >= 4 is 17.8 Å². The highest BCUT2D eigenvalue weighted by Crippen LogP contribution is 2.10. The minimum absolute atomic E-state index is 0.174. The number of carbonyl (C=O) groups excluding carboxylic acids is 3. The van der Waals surface area contributed by atoms with E-state index in [1.165, 1.54) is 7.11 Å². The molecule has 1 aromatic carbocycles. The maximum atomic E-state index is 12.1. The van der Waals surface area contributed by atoms with Crippen molar-refractivity contribution in [1.82, 2.24) is 10.6 Å². The smallest absolute Gasteiger partial charge is 0.328 e. The van der Waals surface area contributed by atoms with E-state index in [2.05, 4.69) is 10.6 Å². The molecule has 0 spiro atoms. The minimum atomic E-state index is -0.849. The first-order chi connectivity index (χ1) is 11.0. The fourth-order valence-electron chi connectivity index (χ4n) is 2.37. The molecule has 2 rings (SSSR count). The summed E-state index contributed by atoms with van der Waals surface area (Å²) in [5.41, 5.74) is 1.30. The molecule has 0 aliphatic carbocycles. The van der Waals surface area contributed by atoms with E-state index in [9.17, 15) is 14.4 Å². The molecule has 120 valence electrons. The van der Waals surface area contributed by atoms with Crippen molar-refractivity contribution in [3.8, 4) is 6.07 Å². The highest BCUT2D eigenvalue weighted by molar-refractivity contribution is 5.93. The van der Waals surface area contributed by atoms with E-state index in [-0.39, 0.29) is 12.3 Å². The summed E-state index contributed by atoms with van der Waals surface area (Å²) >= 11 is 0. The zero-order valence-corrected chi connectivity index (χ0v) is 12.7. The lowest BCUT2D eigenvalue weighted by molar-refractivity contribution is -0.145. The Kier molecular flexibility index (Phi) is 5.31. The molecular formula is C16H17N3O4. The Morgan fingerprint density at radius 2 is 2.13 bits per heavy atom. The molecule has 1 heterocycles. The van der Waals surface area contributed by atoms with Crippen LogP contribution in [-0.2, 0) is 25.5 Å². The Labute approximate surface area is 133 Å². The molecule has 0 saturated carbocycles. The zero-order valence-electron chi connectivity index (χ0n) is 12.7. The van der Waals surface area contributed by atoms with Gasteiger partial charge >= 0.3 is 5.97 Å². The molecule has 0 unspecified atom stereocenters. The second kappa shape index (κ2) is 7.40. The second-order valence-electron chi connectivity index (χ2n) is 5.26. The molecule has 0 bridgehead atoms. The fraction of sp³-hybridized carbons (Fsp3) is 0.375. The number of benzene rings is 1. The molecule has 1 aliphatic rings. The van der Waals surface area contributed by atoms with Crippen LogP contribution in [0.2, 0.25) is 0 Å². The third-order valence-electron chi connectivity index (χ3n) is 3.64. The first-order valence-electron chi connectivity index (χ1n) is 7.20. The third-order valence-corrected chi connectivity index (χ3v) is 3.64. The number of rotatable bonds is 5. The Hall–Kier alpha value is -2.88. The van der Waals surface area contributed by atoms with Crippen molar-refractivity contribution < 1.29 is 19.1 Å². The quantitative estimate of drug-likeness (QED) is 0.746. The molecule has 2 amide bonds. The van der Waals surface area contributed by atoms with E-state index in [0.29, 0.717) is 18.4 Å². The van der Waals surface area contributed by atoms with E-state index in [1.807, 2.05) is 6.07 Å². The van der Waals surface area contributed by atoms with Crippen LogP contribution in [0.3, 0.4) is 0 Å². The fourth-order valence-corrected chi connectivity index (χ4v) is 2.37. The van der Waals surface area contributed by atoms with Gasteiger partial charge in [0.25, 0.3) is 0 Å². The Bertz CT molecular complexity index is 648. The van der Waals surface area contributed by atoms with Gasteiger partial charge in [-0.2, -0.15) is 5.26 Å². The topological polar surface area (TPSA) is 108 Å². The van der Waals surface area contributed by atoms with Crippen molar-refractivity contribution in [2.24, 2.45) is 0 Å². The van der Waals surface area contributed by atoms with Crippen LogP contribution in [0.5, 0.6) is 0 Å². The maximum absolute atomic E-state index is 12.1. The summed E-state index contributed by atoms with van der Waals surface area (Å²) in [4.78, 5) is 35.2. The number of ether oxygens (including phenoxy) is 1. The van der Waals surface area contributed by atoms with Crippen LogP contribution in [0.4, 0.5) is 0 Å². The van der Waals surface area contributed by atoms with Crippen LogP contribution in [0.25, 0.3) is 0 Å². The summed E-state index contributed by atoms with van der Waals surface area (Å²) in [6.07, 6.45) is 0.955. The molecular weight excluding hydrogens is 298 g/mol. The van der Waals surface area contributed by atoms with E-state index in [1.54, 1.807) is 24.3 Å². The van der Waals surface area contributed by atoms with Crippen LogP contribution in [0, 0.1) is 11.3 Å². The summed E-state index contributed by atoms with van der Waals surface area (Å²) in [7, 11) is 1.25. The predicted molar refractivity (Wildman–Crippen MR) is 80.0 cm³/mol. The summed E-state index contributed by atoms with van der Waals surface area (Å²) in [6.45, 7) is 0. The van der Waals surface area contributed by atoms with Crippen LogP contribution in [0.1, 0.15) is 24.0 Å². The molecule has 7 nitrogen and oxygen atoms in total. The van der Waals surface area contributed by atoms with Gasteiger partial charge in [-0.1, -0.05) is 12.1 Å². The van der Waals surface area contributed by atoms with Gasteiger partial charge in [-0.25, -0.2) is 4.79 Å².